The molecule has 3 rings (SSSR count). The van der Waals surface area contributed by atoms with Crippen LogP contribution in [0.4, 0.5) is 13.6 Å². The minimum Gasteiger partial charge on any atom is -0.444 e. The number of alkyl halides is 1. The molecule has 0 aromatic heterocycles. The van der Waals surface area contributed by atoms with Crippen molar-refractivity contribution in [2.24, 2.45) is 0 Å². The number of aryl methyl sites for hydroxylation is 1. The Bertz CT molecular complexity index is 789. The van der Waals surface area contributed by atoms with Gasteiger partial charge in [-0.2, -0.15) is 0 Å². The number of halogens is 2. The van der Waals surface area contributed by atoms with Crippen molar-refractivity contribution in [1.82, 2.24) is 4.90 Å². The molecule has 0 saturated carbocycles. The zero-order valence-corrected chi connectivity index (χ0v) is 15.7. The maximum absolute atomic E-state index is 14.9. The van der Waals surface area contributed by atoms with Crippen LogP contribution < -0.4 is 0 Å². The van der Waals surface area contributed by atoms with Crippen LogP contribution >= 0.6 is 0 Å². The van der Waals surface area contributed by atoms with Crippen LogP contribution in [0.2, 0.25) is 0 Å². The summed E-state index contributed by atoms with van der Waals surface area (Å²) in [7, 11) is 0. The smallest absolute Gasteiger partial charge is 0.410 e. The van der Waals surface area contributed by atoms with Crippen molar-refractivity contribution in [3.8, 4) is 0 Å². The lowest BCUT2D eigenvalue weighted by molar-refractivity contribution is -0.0563. The third-order valence-corrected chi connectivity index (χ3v) is 4.79. The lowest BCUT2D eigenvalue weighted by Crippen LogP contribution is -2.46. The minimum atomic E-state index is -1.69. The number of cyclic esters (lactones) is 1. The van der Waals surface area contributed by atoms with Crippen molar-refractivity contribution < 1.29 is 33.0 Å². The summed E-state index contributed by atoms with van der Waals surface area (Å²) in [5.41, 5.74) is -0.433. The molecule has 3 unspecified atom stereocenters. The predicted molar refractivity (Wildman–Crippen MR) is 91.6 cm³/mol. The van der Waals surface area contributed by atoms with E-state index in [1.54, 1.807) is 27.7 Å². The largest absolute Gasteiger partial charge is 0.444 e. The van der Waals surface area contributed by atoms with Crippen molar-refractivity contribution in [3.05, 3.63) is 34.1 Å². The summed E-state index contributed by atoms with van der Waals surface area (Å²) in [4.78, 5) is 25.2. The summed E-state index contributed by atoms with van der Waals surface area (Å²) >= 11 is 0. The van der Waals surface area contributed by atoms with Crippen LogP contribution in [0.1, 0.15) is 66.4 Å². The van der Waals surface area contributed by atoms with E-state index in [4.69, 9.17) is 4.74 Å². The summed E-state index contributed by atoms with van der Waals surface area (Å²) in [5, 5.41) is 9.82. The van der Waals surface area contributed by atoms with E-state index in [9.17, 15) is 23.5 Å². The molecule has 1 aromatic carbocycles. The maximum Gasteiger partial charge on any atom is 0.410 e. The Kier molecular flexibility index (Phi) is 4.88. The van der Waals surface area contributed by atoms with Gasteiger partial charge in [0.25, 0.3) is 0 Å². The summed E-state index contributed by atoms with van der Waals surface area (Å²) in [5.74, 6) is -2.42. The van der Waals surface area contributed by atoms with E-state index in [-0.39, 0.29) is 36.2 Å². The Morgan fingerprint density at radius 3 is 2.67 bits per heavy atom. The molecule has 2 aliphatic heterocycles. The van der Waals surface area contributed by atoms with Crippen LogP contribution in [0.5, 0.6) is 0 Å². The van der Waals surface area contributed by atoms with Gasteiger partial charge in [0.1, 0.15) is 17.6 Å². The van der Waals surface area contributed by atoms with Crippen LogP contribution in [-0.2, 0) is 9.47 Å². The molecule has 6 nitrogen and oxygen atoms in total. The molecule has 27 heavy (non-hydrogen) atoms. The first-order valence-corrected chi connectivity index (χ1v) is 8.83. The van der Waals surface area contributed by atoms with E-state index >= 15 is 0 Å². The number of aliphatic hydroxyl groups excluding tert-OH is 1. The van der Waals surface area contributed by atoms with Gasteiger partial charge < -0.3 is 19.5 Å². The molecule has 8 heteroatoms. The fourth-order valence-electron chi connectivity index (χ4n) is 3.59. The average Bonchev–Trinajstić information content (AvgIpc) is 2.84. The number of ether oxygens (including phenoxy) is 2. The number of carbonyl (C=O) groups is 2. The Balaban J connectivity index is 1.83. The van der Waals surface area contributed by atoms with Gasteiger partial charge in [0.15, 0.2) is 0 Å². The van der Waals surface area contributed by atoms with Gasteiger partial charge in [-0.3, -0.25) is 0 Å². The highest BCUT2D eigenvalue weighted by Gasteiger charge is 2.40. The topological polar surface area (TPSA) is 76.1 Å². The molecular weight excluding hydrogens is 360 g/mol. The van der Waals surface area contributed by atoms with E-state index in [0.717, 1.165) is 0 Å². The Morgan fingerprint density at radius 2 is 2.07 bits per heavy atom. The third-order valence-electron chi connectivity index (χ3n) is 4.79. The van der Waals surface area contributed by atoms with Crippen LogP contribution in [0.25, 0.3) is 0 Å². The molecule has 2 heterocycles. The summed E-state index contributed by atoms with van der Waals surface area (Å²) in [6.07, 6.45) is -3.61. The zero-order valence-electron chi connectivity index (χ0n) is 15.7. The number of hydrogen-bond donors (Lipinski definition) is 1. The highest BCUT2D eigenvalue weighted by atomic mass is 19.1. The van der Waals surface area contributed by atoms with E-state index < -0.39 is 41.9 Å². The van der Waals surface area contributed by atoms with Gasteiger partial charge in [-0.25, -0.2) is 18.4 Å². The van der Waals surface area contributed by atoms with Gasteiger partial charge in [0.2, 0.25) is 6.29 Å². The molecule has 2 aliphatic rings. The number of fused-ring (bicyclic) bond motifs is 1. The number of benzene rings is 1. The molecule has 0 spiro atoms. The Hall–Kier alpha value is -2.22. The molecular formula is C19H23F2NO5. The molecule has 1 aromatic rings. The highest BCUT2D eigenvalue weighted by molar-refractivity contribution is 5.95. The molecule has 1 amide bonds. The number of piperidine rings is 1. The number of nitrogens with zero attached hydrogens (tertiary/aromatic N) is 1. The van der Waals surface area contributed by atoms with Gasteiger partial charge in [-0.1, -0.05) is 6.07 Å². The molecule has 0 aliphatic carbocycles. The fourth-order valence-corrected chi connectivity index (χ4v) is 3.59. The molecule has 148 valence electrons. The molecule has 0 radical (unpaired) electrons. The highest BCUT2D eigenvalue weighted by Crippen LogP contribution is 2.40. The van der Waals surface area contributed by atoms with Crippen LogP contribution in [0.3, 0.4) is 0 Å². The standard InChI is InChI=1S/C19H23F2NO5/c1-9-7-11(15(21)14-13(9)16(23)26-17(14)24)10-5-6-22(8-12(10)20)18(25)27-19(2,3)4/h7,10,12,17,24H,5-6,8H2,1-4H3. The number of likely N-dealkylation sites (tertiary alicyclic amines) is 1. The second kappa shape index (κ2) is 6.74. The zero-order chi connectivity index (χ0) is 20.1. The monoisotopic (exact) mass is 383 g/mol. The SMILES string of the molecule is Cc1cc(C2CCN(C(=O)OC(C)(C)C)CC2F)c(F)c2c1C(=O)OC2O. The van der Waals surface area contributed by atoms with Gasteiger partial charge in [0.05, 0.1) is 17.7 Å². The summed E-state index contributed by atoms with van der Waals surface area (Å²) < 4.78 is 39.7. The summed E-state index contributed by atoms with van der Waals surface area (Å²) in [6, 6.07) is 1.42. The van der Waals surface area contributed by atoms with Crippen molar-refractivity contribution in [1.29, 1.82) is 0 Å². The molecule has 1 saturated heterocycles. The van der Waals surface area contributed by atoms with Crippen molar-refractivity contribution in [2.75, 3.05) is 13.1 Å². The Labute approximate surface area is 156 Å². The molecule has 0 bridgehead atoms. The van der Waals surface area contributed by atoms with Gasteiger partial charge in [-0.05, 0) is 45.2 Å². The third kappa shape index (κ3) is 3.63. The minimum absolute atomic E-state index is 0.00894. The first-order valence-electron chi connectivity index (χ1n) is 8.83. The van der Waals surface area contributed by atoms with Gasteiger partial charge in [-0.15, -0.1) is 0 Å². The van der Waals surface area contributed by atoms with E-state index in [1.165, 1.54) is 11.0 Å². The lowest BCUT2D eigenvalue weighted by Gasteiger charge is -2.36. The Morgan fingerprint density at radius 1 is 1.41 bits per heavy atom. The number of rotatable bonds is 1. The number of carbonyl (C=O) groups excluding carboxylic acids is 2. The van der Waals surface area contributed by atoms with Crippen molar-refractivity contribution in [3.63, 3.8) is 0 Å². The van der Waals surface area contributed by atoms with Crippen molar-refractivity contribution in [2.45, 2.75) is 58.1 Å². The van der Waals surface area contributed by atoms with Crippen LogP contribution in [0.15, 0.2) is 6.07 Å². The van der Waals surface area contributed by atoms with E-state index in [2.05, 4.69) is 4.74 Å². The fraction of sp³-hybridized carbons (Fsp3) is 0.579. The van der Waals surface area contributed by atoms with E-state index in [1.807, 2.05) is 0 Å². The van der Waals surface area contributed by atoms with E-state index in [0.29, 0.717) is 5.56 Å². The normalized spacial score (nSPS) is 25.2. The maximum atomic E-state index is 14.9. The van der Waals surface area contributed by atoms with Gasteiger partial charge >= 0.3 is 12.1 Å². The number of aliphatic hydroxyl groups is 1. The number of esters is 1. The van der Waals surface area contributed by atoms with Crippen LogP contribution in [-0.4, -0.2) is 46.9 Å². The van der Waals surface area contributed by atoms with Gasteiger partial charge in [0, 0.05) is 12.5 Å². The van der Waals surface area contributed by atoms with Crippen LogP contribution in [0, 0.1) is 12.7 Å². The number of hydrogen-bond acceptors (Lipinski definition) is 5. The first-order chi connectivity index (χ1) is 12.5. The summed E-state index contributed by atoms with van der Waals surface area (Å²) in [6.45, 7) is 6.76. The second-order valence-corrected chi connectivity index (χ2v) is 7.98. The molecule has 1 fully saturated rings. The first kappa shape index (κ1) is 19.5. The van der Waals surface area contributed by atoms with Crippen molar-refractivity contribution >= 4 is 12.1 Å². The molecule has 1 N–H and O–H groups in total. The quantitative estimate of drug-likeness (QED) is 0.753. The number of amides is 1. The average molecular weight is 383 g/mol. The second-order valence-electron chi connectivity index (χ2n) is 7.98. The lowest BCUT2D eigenvalue weighted by atomic mass is 9.84. The molecule has 3 atom stereocenters. The predicted octanol–water partition coefficient (Wildman–Crippen LogP) is 3.36.